The molecule has 1 aromatic heterocycles. The van der Waals surface area contributed by atoms with Crippen molar-refractivity contribution in [1.82, 2.24) is 20.0 Å². The number of carbonyl (C=O) groups excluding carboxylic acids is 3. The van der Waals surface area contributed by atoms with Gasteiger partial charge in [0, 0.05) is 24.6 Å². The second-order valence-corrected chi connectivity index (χ2v) is 11.4. The normalized spacial score (nSPS) is 22.1. The number of ether oxygens (including phenoxy) is 2. The molecule has 10 heteroatoms. The number of benzene rings is 1. The van der Waals surface area contributed by atoms with E-state index in [0.717, 1.165) is 36.4 Å². The van der Waals surface area contributed by atoms with Gasteiger partial charge in [-0.25, -0.2) is 24.1 Å². The highest BCUT2D eigenvalue weighted by atomic mass is 16.5. The standard InChI is InChI=1S/C28H37N5O5/c1-6-38-25(35)24-22-15-32(12-11-23(22)33(31-24)20-7-9-21(37-5)10-8-20)26(36)30-19-13-27(2,3)16-28(4,14-19)17-29-18-34/h7-10,19H,6,11-17H2,1-5H3,(H,30,36). The summed E-state index contributed by atoms with van der Waals surface area (Å²) < 4.78 is 12.3. The highest BCUT2D eigenvalue weighted by Gasteiger charge is 2.42. The molecule has 2 amide bonds. The first-order valence-corrected chi connectivity index (χ1v) is 13.1. The second-order valence-electron chi connectivity index (χ2n) is 11.4. The lowest BCUT2D eigenvalue weighted by Crippen LogP contribution is -2.52. The molecule has 10 nitrogen and oxygen atoms in total. The third-order valence-corrected chi connectivity index (χ3v) is 7.43. The predicted octanol–water partition coefficient (Wildman–Crippen LogP) is 4.05. The Kier molecular flexibility index (Phi) is 7.92. The van der Waals surface area contributed by atoms with Crippen molar-refractivity contribution in [1.29, 1.82) is 0 Å². The number of esters is 1. The molecule has 2 aliphatic rings. The molecule has 0 bridgehead atoms. The van der Waals surface area contributed by atoms with Gasteiger partial charge in [-0.05, 0) is 61.3 Å². The van der Waals surface area contributed by atoms with Crippen molar-refractivity contribution in [2.75, 3.05) is 26.8 Å². The summed E-state index contributed by atoms with van der Waals surface area (Å²) in [6.45, 7) is 9.61. The van der Waals surface area contributed by atoms with E-state index in [9.17, 15) is 14.4 Å². The molecule has 1 aliphatic heterocycles. The quantitative estimate of drug-likeness (QED) is 0.333. The Hall–Kier alpha value is -3.65. The summed E-state index contributed by atoms with van der Waals surface area (Å²) in [5.74, 6) is 0.224. The minimum absolute atomic E-state index is 0.00496. The van der Waals surface area contributed by atoms with Crippen molar-refractivity contribution in [2.24, 2.45) is 15.8 Å². The lowest BCUT2D eigenvalue weighted by atomic mass is 9.62. The SMILES string of the molecule is CCOC(=O)c1nn(-c2ccc(OC)cc2)c2c1CN(C(=O)NC1CC(C)(C)CC(C)(CN=C=O)C1)CC2. The first-order valence-electron chi connectivity index (χ1n) is 13.1. The van der Waals surface area contributed by atoms with Crippen LogP contribution < -0.4 is 10.1 Å². The fourth-order valence-electron chi connectivity index (χ4n) is 6.24. The molecule has 2 aromatic rings. The number of amides is 2. The van der Waals surface area contributed by atoms with Gasteiger partial charge < -0.3 is 19.7 Å². The van der Waals surface area contributed by atoms with E-state index in [4.69, 9.17) is 9.47 Å². The van der Waals surface area contributed by atoms with Gasteiger partial charge in [-0.2, -0.15) is 5.10 Å². The zero-order chi connectivity index (χ0) is 27.5. The van der Waals surface area contributed by atoms with Crippen molar-refractivity contribution in [3.8, 4) is 11.4 Å². The van der Waals surface area contributed by atoms with Crippen LogP contribution in [-0.2, 0) is 22.5 Å². The lowest BCUT2D eigenvalue weighted by Gasteiger charge is -2.46. The van der Waals surface area contributed by atoms with Crippen molar-refractivity contribution in [2.45, 2.75) is 66.0 Å². The van der Waals surface area contributed by atoms with E-state index in [2.05, 4.69) is 36.2 Å². The summed E-state index contributed by atoms with van der Waals surface area (Å²) in [5.41, 5.74) is 2.43. The molecule has 0 saturated heterocycles. The highest BCUT2D eigenvalue weighted by Crippen LogP contribution is 2.46. The molecule has 2 unspecified atom stereocenters. The van der Waals surface area contributed by atoms with Crippen LogP contribution in [0.1, 0.15) is 68.7 Å². The molecule has 0 radical (unpaired) electrons. The Labute approximate surface area is 223 Å². The Balaban J connectivity index is 1.56. The van der Waals surface area contributed by atoms with E-state index < -0.39 is 5.97 Å². The maximum atomic E-state index is 13.4. The highest BCUT2D eigenvalue weighted by molar-refractivity contribution is 5.89. The topological polar surface area (TPSA) is 115 Å². The molecular formula is C28H37N5O5. The number of aliphatic imine (C=N–C) groups is 1. The second kappa shape index (κ2) is 11.0. The minimum Gasteiger partial charge on any atom is -0.497 e. The fraction of sp³-hybridized carbons (Fsp3) is 0.571. The molecular weight excluding hydrogens is 486 g/mol. The van der Waals surface area contributed by atoms with Crippen LogP contribution in [0.4, 0.5) is 4.79 Å². The van der Waals surface area contributed by atoms with Gasteiger partial charge in [0.05, 0.1) is 38.2 Å². The van der Waals surface area contributed by atoms with Crippen molar-refractivity contribution >= 4 is 18.1 Å². The Morgan fingerprint density at radius 1 is 1.21 bits per heavy atom. The first kappa shape index (κ1) is 27.4. The molecule has 2 atom stereocenters. The monoisotopic (exact) mass is 523 g/mol. The van der Waals surface area contributed by atoms with E-state index in [1.54, 1.807) is 29.7 Å². The number of urea groups is 1. The number of fused-ring (bicyclic) bond motifs is 1. The van der Waals surface area contributed by atoms with Crippen LogP contribution in [0.2, 0.25) is 0 Å². The Morgan fingerprint density at radius 3 is 2.61 bits per heavy atom. The van der Waals surface area contributed by atoms with Crippen molar-refractivity contribution < 1.29 is 23.9 Å². The molecule has 1 aromatic carbocycles. The van der Waals surface area contributed by atoms with E-state index in [-0.39, 0.29) is 41.7 Å². The lowest BCUT2D eigenvalue weighted by molar-refractivity contribution is 0.0515. The van der Waals surface area contributed by atoms with Crippen molar-refractivity contribution in [3.63, 3.8) is 0 Å². The van der Waals surface area contributed by atoms with Crippen LogP contribution in [0.3, 0.4) is 0 Å². The molecule has 0 spiro atoms. The summed E-state index contributed by atoms with van der Waals surface area (Å²) in [4.78, 5) is 42.6. The number of methoxy groups -OCH3 is 1. The van der Waals surface area contributed by atoms with Gasteiger partial charge >= 0.3 is 12.0 Å². The average Bonchev–Trinajstić information content (AvgIpc) is 3.25. The summed E-state index contributed by atoms with van der Waals surface area (Å²) in [5, 5.41) is 7.83. The van der Waals surface area contributed by atoms with Gasteiger partial charge in [0.2, 0.25) is 6.08 Å². The van der Waals surface area contributed by atoms with E-state index in [1.807, 2.05) is 24.3 Å². The van der Waals surface area contributed by atoms with Crippen LogP contribution in [0, 0.1) is 10.8 Å². The van der Waals surface area contributed by atoms with Gasteiger partial charge in [0.15, 0.2) is 5.69 Å². The molecule has 1 saturated carbocycles. The third-order valence-electron chi connectivity index (χ3n) is 7.43. The maximum absolute atomic E-state index is 13.4. The molecule has 4 rings (SSSR count). The Bertz CT molecular complexity index is 1230. The Morgan fingerprint density at radius 2 is 1.95 bits per heavy atom. The maximum Gasteiger partial charge on any atom is 0.359 e. The summed E-state index contributed by atoms with van der Waals surface area (Å²) in [6, 6.07) is 7.23. The number of aromatic nitrogens is 2. The van der Waals surface area contributed by atoms with Crippen LogP contribution in [0.15, 0.2) is 29.3 Å². The molecule has 204 valence electrons. The third kappa shape index (κ3) is 5.91. The average molecular weight is 524 g/mol. The van der Waals surface area contributed by atoms with E-state index in [0.29, 0.717) is 25.1 Å². The first-order chi connectivity index (χ1) is 18.1. The fourth-order valence-corrected chi connectivity index (χ4v) is 6.24. The smallest absolute Gasteiger partial charge is 0.359 e. The van der Waals surface area contributed by atoms with Crippen LogP contribution in [-0.4, -0.2) is 65.6 Å². The van der Waals surface area contributed by atoms with E-state index >= 15 is 0 Å². The number of carbonyl (C=O) groups is 2. The van der Waals surface area contributed by atoms with Gasteiger partial charge in [0.25, 0.3) is 0 Å². The van der Waals surface area contributed by atoms with Gasteiger partial charge in [-0.3, -0.25) is 0 Å². The molecule has 38 heavy (non-hydrogen) atoms. The number of rotatable bonds is 7. The van der Waals surface area contributed by atoms with Crippen molar-refractivity contribution in [3.05, 3.63) is 41.2 Å². The van der Waals surface area contributed by atoms with Crippen LogP contribution >= 0.6 is 0 Å². The molecule has 2 heterocycles. The number of hydrogen-bond acceptors (Lipinski definition) is 7. The molecule has 1 aliphatic carbocycles. The number of isocyanates is 1. The van der Waals surface area contributed by atoms with E-state index in [1.165, 1.54) is 0 Å². The zero-order valence-electron chi connectivity index (χ0n) is 22.9. The number of hydrogen-bond donors (Lipinski definition) is 1. The largest absolute Gasteiger partial charge is 0.497 e. The van der Waals surface area contributed by atoms with Gasteiger partial charge in [-0.1, -0.05) is 20.8 Å². The van der Waals surface area contributed by atoms with Crippen LogP contribution in [0.25, 0.3) is 5.69 Å². The minimum atomic E-state index is -0.501. The van der Waals surface area contributed by atoms with Gasteiger partial charge in [0.1, 0.15) is 5.75 Å². The summed E-state index contributed by atoms with van der Waals surface area (Å²) in [6.07, 6.45) is 4.68. The number of nitrogens with one attached hydrogen (secondary N) is 1. The number of nitrogens with zero attached hydrogens (tertiary/aromatic N) is 4. The molecule has 1 fully saturated rings. The molecule has 1 N–H and O–H groups in total. The van der Waals surface area contributed by atoms with Gasteiger partial charge in [-0.15, -0.1) is 0 Å². The summed E-state index contributed by atoms with van der Waals surface area (Å²) in [7, 11) is 1.61. The summed E-state index contributed by atoms with van der Waals surface area (Å²) >= 11 is 0. The predicted molar refractivity (Wildman–Crippen MR) is 141 cm³/mol. The zero-order valence-corrected chi connectivity index (χ0v) is 22.9. The van der Waals surface area contributed by atoms with Crippen LogP contribution in [0.5, 0.6) is 5.75 Å².